The summed E-state index contributed by atoms with van der Waals surface area (Å²) in [4.78, 5) is 39.4. The van der Waals surface area contributed by atoms with Gasteiger partial charge in [0.2, 0.25) is 0 Å². The summed E-state index contributed by atoms with van der Waals surface area (Å²) in [6.45, 7) is 9.76. The number of hydrogen-bond acceptors (Lipinski definition) is 6. The summed E-state index contributed by atoms with van der Waals surface area (Å²) in [6.07, 6.45) is 0.113. The second-order valence-electron chi connectivity index (χ2n) is 8.85. The van der Waals surface area contributed by atoms with E-state index >= 15 is 0 Å². The van der Waals surface area contributed by atoms with Crippen molar-refractivity contribution < 1.29 is 23.9 Å². The fraction of sp³-hybridized carbons (Fsp3) is 0.609. The zero-order valence-electron chi connectivity index (χ0n) is 19.3. The maximum atomic E-state index is 13.3. The molecule has 0 radical (unpaired) electrons. The third-order valence-corrected chi connectivity index (χ3v) is 4.22. The number of nitrogens with zero attached hydrogens (tertiary/aromatic N) is 1. The Morgan fingerprint density at radius 2 is 1.74 bits per heavy atom. The van der Waals surface area contributed by atoms with E-state index in [0.29, 0.717) is 25.8 Å². The number of unbranched alkanes of at least 4 members (excludes halogenated alkanes) is 1. The van der Waals surface area contributed by atoms with Crippen molar-refractivity contribution >= 4 is 18.1 Å². The maximum Gasteiger partial charge on any atom is 0.416 e. The van der Waals surface area contributed by atoms with Crippen molar-refractivity contribution in [3.63, 3.8) is 0 Å². The molecule has 3 amide bonds. The van der Waals surface area contributed by atoms with Crippen LogP contribution in [0.25, 0.3) is 0 Å². The first kappa shape index (κ1) is 26.4. The molecule has 1 rings (SSSR count). The molecule has 0 saturated carbocycles. The van der Waals surface area contributed by atoms with Crippen LogP contribution in [-0.2, 0) is 20.9 Å². The fourth-order valence-corrected chi connectivity index (χ4v) is 2.83. The lowest BCUT2D eigenvalue weighted by atomic mass is 10.0. The Balaban J connectivity index is 2.94. The Morgan fingerprint density at radius 3 is 2.29 bits per heavy atom. The molecule has 0 saturated heterocycles. The van der Waals surface area contributed by atoms with E-state index in [2.05, 4.69) is 5.32 Å². The van der Waals surface area contributed by atoms with Crippen molar-refractivity contribution in [1.82, 2.24) is 10.2 Å². The van der Waals surface area contributed by atoms with Crippen LogP contribution in [0.2, 0.25) is 0 Å². The van der Waals surface area contributed by atoms with Gasteiger partial charge >= 0.3 is 12.2 Å². The number of benzene rings is 1. The van der Waals surface area contributed by atoms with Crippen LogP contribution in [0.5, 0.6) is 0 Å². The van der Waals surface area contributed by atoms with Crippen LogP contribution in [0.3, 0.4) is 0 Å². The highest BCUT2D eigenvalue weighted by Gasteiger charge is 2.32. The number of ether oxygens (including phenoxy) is 2. The minimum atomic E-state index is -0.906. The van der Waals surface area contributed by atoms with Gasteiger partial charge in [-0.25, -0.2) is 14.5 Å². The molecule has 174 valence electrons. The van der Waals surface area contributed by atoms with Gasteiger partial charge in [0.25, 0.3) is 5.91 Å². The van der Waals surface area contributed by atoms with E-state index in [-0.39, 0.29) is 19.1 Å². The number of nitrogens with one attached hydrogen (secondary N) is 1. The molecular formula is C23H37N3O5. The van der Waals surface area contributed by atoms with Gasteiger partial charge in [0.05, 0.1) is 0 Å². The molecule has 0 heterocycles. The van der Waals surface area contributed by atoms with E-state index in [4.69, 9.17) is 15.2 Å². The summed E-state index contributed by atoms with van der Waals surface area (Å²) in [5.41, 5.74) is 5.67. The quantitative estimate of drug-likeness (QED) is 0.540. The van der Waals surface area contributed by atoms with Crippen LogP contribution in [0.15, 0.2) is 30.3 Å². The summed E-state index contributed by atoms with van der Waals surface area (Å²) in [7, 11) is 0. The van der Waals surface area contributed by atoms with Gasteiger partial charge in [0.1, 0.15) is 18.2 Å². The number of nitrogens with two attached hydrogens (primary N) is 1. The molecule has 0 aliphatic carbocycles. The average molecular weight is 436 g/mol. The number of alkyl carbamates (subject to hydrolysis) is 1. The number of carbonyl (C=O) groups excluding carboxylic acids is 3. The standard InChI is InChI=1S/C23H37N3O5/c1-17(2)15-19(25-21(28)31-23(3,4)5)20(27)26(14-10-9-13-24)22(29)30-16-18-11-7-6-8-12-18/h6-8,11-12,17,19H,9-10,13-16,24H2,1-5H3,(H,25,28)/t19-/m0/s1. The molecule has 8 nitrogen and oxygen atoms in total. The van der Waals surface area contributed by atoms with Gasteiger partial charge in [-0.1, -0.05) is 44.2 Å². The largest absolute Gasteiger partial charge is 0.444 e. The molecule has 8 heteroatoms. The third-order valence-electron chi connectivity index (χ3n) is 4.22. The smallest absolute Gasteiger partial charge is 0.416 e. The number of imide groups is 1. The van der Waals surface area contributed by atoms with Crippen LogP contribution in [0.1, 0.15) is 59.4 Å². The van der Waals surface area contributed by atoms with Gasteiger partial charge < -0.3 is 20.5 Å². The molecule has 0 spiro atoms. The van der Waals surface area contributed by atoms with Gasteiger partial charge in [-0.05, 0) is 58.1 Å². The molecule has 0 aliphatic rings. The van der Waals surface area contributed by atoms with Gasteiger partial charge in [0.15, 0.2) is 0 Å². The Labute approximate surface area is 185 Å². The molecule has 0 aliphatic heterocycles. The van der Waals surface area contributed by atoms with Crippen LogP contribution >= 0.6 is 0 Å². The molecule has 1 aromatic rings. The Hall–Kier alpha value is -2.61. The van der Waals surface area contributed by atoms with Gasteiger partial charge in [0, 0.05) is 6.54 Å². The zero-order chi connectivity index (χ0) is 23.4. The summed E-state index contributed by atoms with van der Waals surface area (Å²) in [6, 6.07) is 8.32. The van der Waals surface area contributed by atoms with E-state index in [1.807, 2.05) is 44.2 Å². The average Bonchev–Trinajstić information content (AvgIpc) is 2.67. The highest BCUT2D eigenvalue weighted by Crippen LogP contribution is 2.13. The van der Waals surface area contributed by atoms with Crippen molar-refractivity contribution in [3.05, 3.63) is 35.9 Å². The molecule has 0 bridgehead atoms. The van der Waals surface area contributed by atoms with Crippen LogP contribution in [0, 0.1) is 5.92 Å². The molecule has 1 atom stereocenters. The molecule has 3 N–H and O–H groups in total. The predicted octanol–water partition coefficient (Wildman–Crippen LogP) is 3.83. The summed E-state index contributed by atoms with van der Waals surface area (Å²) < 4.78 is 10.7. The number of amides is 3. The van der Waals surface area contributed by atoms with Crippen molar-refractivity contribution in [2.24, 2.45) is 11.7 Å². The summed E-state index contributed by atoms with van der Waals surface area (Å²) in [5, 5.41) is 2.62. The first-order chi connectivity index (χ1) is 14.5. The Bertz CT molecular complexity index is 701. The monoisotopic (exact) mass is 435 g/mol. The van der Waals surface area contributed by atoms with E-state index in [9.17, 15) is 14.4 Å². The topological polar surface area (TPSA) is 111 Å². The van der Waals surface area contributed by atoms with Gasteiger partial charge in [-0.2, -0.15) is 0 Å². The Morgan fingerprint density at radius 1 is 1.10 bits per heavy atom. The van der Waals surface area contributed by atoms with Crippen LogP contribution in [0.4, 0.5) is 9.59 Å². The molecule has 1 aromatic carbocycles. The zero-order valence-corrected chi connectivity index (χ0v) is 19.3. The number of carbonyl (C=O) groups is 3. The first-order valence-corrected chi connectivity index (χ1v) is 10.7. The van der Waals surface area contributed by atoms with Crippen molar-refractivity contribution in [2.75, 3.05) is 13.1 Å². The minimum absolute atomic E-state index is 0.0503. The van der Waals surface area contributed by atoms with E-state index < -0.39 is 29.7 Å². The molecule has 31 heavy (non-hydrogen) atoms. The highest BCUT2D eigenvalue weighted by molar-refractivity contribution is 5.96. The fourth-order valence-electron chi connectivity index (χ4n) is 2.83. The van der Waals surface area contributed by atoms with Crippen molar-refractivity contribution in [3.8, 4) is 0 Å². The normalized spacial score (nSPS) is 12.2. The van der Waals surface area contributed by atoms with Crippen molar-refractivity contribution in [2.45, 2.75) is 72.1 Å². The lowest BCUT2D eigenvalue weighted by Gasteiger charge is -2.28. The number of rotatable bonds is 10. The third kappa shape index (κ3) is 10.8. The van der Waals surface area contributed by atoms with Crippen LogP contribution in [-0.4, -0.2) is 47.7 Å². The van der Waals surface area contributed by atoms with Gasteiger partial charge in [-0.3, -0.25) is 4.79 Å². The molecular weight excluding hydrogens is 398 g/mol. The van der Waals surface area contributed by atoms with Crippen molar-refractivity contribution in [1.29, 1.82) is 0 Å². The summed E-state index contributed by atoms with van der Waals surface area (Å²) >= 11 is 0. The molecule has 0 unspecified atom stereocenters. The second-order valence-corrected chi connectivity index (χ2v) is 8.85. The first-order valence-electron chi connectivity index (χ1n) is 10.7. The predicted molar refractivity (Wildman–Crippen MR) is 119 cm³/mol. The lowest BCUT2D eigenvalue weighted by molar-refractivity contribution is -0.132. The second kappa shape index (κ2) is 12.9. The van der Waals surface area contributed by atoms with E-state index in [1.165, 1.54) is 0 Å². The lowest BCUT2D eigenvalue weighted by Crippen LogP contribution is -2.52. The van der Waals surface area contributed by atoms with E-state index in [0.717, 1.165) is 10.5 Å². The summed E-state index contributed by atoms with van der Waals surface area (Å²) in [5.74, 6) is -0.412. The molecule has 0 fully saturated rings. The number of hydrogen-bond donors (Lipinski definition) is 2. The highest BCUT2D eigenvalue weighted by atomic mass is 16.6. The Kier molecular flexibility index (Phi) is 11.0. The maximum absolute atomic E-state index is 13.3. The van der Waals surface area contributed by atoms with Crippen LogP contribution < -0.4 is 11.1 Å². The molecule has 0 aromatic heterocycles. The van der Waals surface area contributed by atoms with Gasteiger partial charge in [-0.15, -0.1) is 0 Å². The van der Waals surface area contributed by atoms with E-state index in [1.54, 1.807) is 20.8 Å². The minimum Gasteiger partial charge on any atom is -0.444 e. The SMILES string of the molecule is CC(C)C[C@H](NC(=O)OC(C)(C)C)C(=O)N(CCCCN)C(=O)OCc1ccccc1.